The molecule has 0 aromatic heterocycles. The van der Waals surface area contributed by atoms with Crippen molar-refractivity contribution in [3.63, 3.8) is 0 Å². The summed E-state index contributed by atoms with van der Waals surface area (Å²) in [5.74, 6) is -2.99. The zero-order valence-corrected chi connectivity index (χ0v) is 11.3. The number of Topliss-reactive ketones (excluding diaryl/α,β-unsaturated/α-hetero) is 1. The van der Waals surface area contributed by atoms with Gasteiger partial charge in [-0.25, -0.2) is 4.79 Å². The summed E-state index contributed by atoms with van der Waals surface area (Å²) in [6, 6.07) is 18.4. The highest BCUT2D eigenvalue weighted by atomic mass is 35.5. The molecule has 0 radical (unpaired) electrons. The maximum atomic E-state index is 11.7. The Hall–Kier alpha value is -2.13. The minimum absolute atomic E-state index is 0.484. The van der Waals surface area contributed by atoms with Crippen molar-refractivity contribution in [1.29, 1.82) is 0 Å². The van der Waals surface area contributed by atoms with Gasteiger partial charge in [-0.3, -0.25) is 4.79 Å². The van der Waals surface area contributed by atoms with E-state index in [0.717, 1.165) is 11.1 Å². The molecule has 1 unspecified atom stereocenters. The van der Waals surface area contributed by atoms with E-state index in [9.17, 15) is 9.59 Å². The number of halogens is 1. The fourth-order valence-electron chi connectivity index (χ4n) is 2.12. The summed E-state index contributed by atoms with van der Waals surface area (Å²) in [4.78, 5) is 22.6. The Labute approximate surface area is 121 Å². The quantitative estimate of drug-likeness (QED) is 0.679. The van der Waals surface area contributed by atoms with E-state index in [0.29, 0.717) is 0 Å². The SMILES string of the molecule is O=C(O)C(=O)C(Cl)C(c1ccccc1)c1ccccc1. The molecule has 0 aliphatic heterocycles. The third-order valence-electron chi connectivity index (χ3n) is 3.07. The molecule has 0 bridgehead atoms. The van der Waals surface area contributed by atoms with Gasteiger partial charge in [-0.2, -0.15) is 0 Å². The van der Waals surface area contributed by atoms with Crippen molar-refractivity contribution in [2.45, 2.75) is 11.3 Å². The normalized spacial score (nSPS) is 12.1. The minimum atomic E-state index is -1.51. The summed E-state index contributed by atoms with van der Waals surface area (Å²) in [6.07, 6.45) is 0. The van der Waals surface area contributed by atoms with Crippen molar-refractivity contribution in [1.82, 2.24) is 0 Å². The molecule has 0 heterocycles. The molecule has 0 aliphatic carbocycles. The topological polar surface area (TPSA) is 54.4 Å². The van der Waals surface area contributed by atoms with Gasteiger partial charge in [-0.15, -0.1) is 11.6 Å². The van der Waals surface area contributed by atoms with E-state index < -0.39 is 23.0 Å². The standard InChI is InChI=1S/C16H13ClO3/c17-14(15(18)16(19)20)13(11-7-3-1-4-8-11)12-9-5-2-6-10-12/h1-10,13-14H,(H,19,20). The van der Waals surface area contributed by atoms with Gasteiger partial charge in [0.15, 0.2) is 0 Å². The van der Waals surface area contributed by atoms with Gasteiger partial charge in [-0.1, -0.05) is 60.7 Å². The predicted octanol–water partition coefficient (Wildman–Crippen LogP) is 3.08. The van der Waals surface area contributed by atoms with Crippen LogP contribution >= 0.6 is 11.6 Å². The van der Waals surface area contributed by atoms with Gasteiger partial charge in [0.2, 0.25) is 0 Å². The molecule has 1 N–H and O–H groups in total. The van der Waals surface area contributed by atoms with Crippen LogP contribution in [0.3, 0.4) is 0 Å². The molecule has 0 fully saturated rings. The first-order valence-corrected chi connectivity index (χ1v) is 6.56. The molecule has 4 heteroatoms. The first-order chi connectivity index (χ1) is 9.61. The minimum Gasteiger partial charge on any atom is -0.475 e. The number of aliphatic carboxylic acids is 1. The van der Waals surface area contributed by atoms with Crippen LogP contribution in [0.5, 0.6) is 0 Å². The van der Waals surface area contributed by atoms with Gasteiger partial charge in [-0.05, 0) is 11.1 Å². The lowest BCUT2D eigenvalue weighted by Crippen LogP contribution is -2.30. The second kappa shape index (κ2) is 6.35. The van der Waals surface area contributed by atoms with E-state index >= 15 is 0 Å². The third kappa shape index (κ3) is 3.06. The lowest BCUT2D eigenvalue weighted by atomic mass is 9.86. The van der Waals surface area contributed by atoms with Gasteiger partial charge < -0.3 is 5.11 Å². The van der Waals surface area contributed by atoms with E-state index in [1.165, 1.54) is 0 Å². The summed E-state index contributed by atoms with van der Waals surface area (Å²) in [5.41, 5.74) is 1.63. The van der Waals surface area contributed by atoms with Crippen LogP contribution in [-0.2, 0) is 9.59 Å². The summed E-state index contributed by atoms with van der Waals surface area (Å²) < 4.78 is 0. The molecule has 2 rings (SSSR count). The Morgan fingerprint density at radius 2 is 1.25 bits per heavy atom. The van der Waals surface area contributed by atoms with Crippen molar-refractivity contribution in [3.05, 3.63) is 71.8 Å². The van der Waals surface area contributed by atoms with Gasteiger partial charge in [0, 0.05) is 5.92 Å². The number of carbonyl (C=O) groups excluding carboxylic acids is 1. The van der Waals surface area contributed by atoms with Crippen molar-refractivity contribution in [3.8, 4) is 0 Å². The molecule has 20 heavy (non-hydrogen) atoms. The average Bonchev–Trinajstić information content (AvgIpc) is 2.48. The molecule has 0 amide bonds. The highest BCUT2D eigenvalue weighted by Crippen LogP contribution is 2.31. The Balaban J connectivity index is 2.45. The fraction of sp³-hybridized carbons (Fsp3) is 0.125. The fourth-order valence-corrected chi connectivity index (χ4v) is 2.50. The second-order valence-corrected chi connectivity index (χ2v) is 4.84. The van der Waals surface area contributed by atoms with E-state index in [4.69, 9.17) is 16.7 Å². The average molecular weight is 289 g/mol. The zero-order chi connectivity index (χ0) is 14.5. The van der Waals surface area contributed by atoms with Crippen LogP contribution in [0.4, 0.5) is 0 Å². The van der Waals surface area contributed by atoms with Crippen LogP contribution in [0.2, 0.25) is 0 Å². The highest BCUT2D eigenvalue weighted by molar-refractivity contribution is 6.47. The van der Waals surface area contributed by atoms with E-state index in [2.05, 4.69) is 0 Å². The molecule has 2 aromatic rings. The van der Waals surface area contributed by atoms with Crippen LogP contribution in [0, 0.1) is 0 Å². The van der Waals surface area contributed by atoms with E-state index in [-0.39, 0.29) is 0 Å². The maximum Gasteiger partial charge on any atom is 0.373 e. The Bertz CT molecular complexity index is 556. The van der Waals surface area contributed by atoms with Crippen LogP contribution in [0.25, 0.3) is 0 Å². The number of rotatable bonds is 5. The maximum absolute atomic E-state index is 11.7. The number of carboxylic acids is 1. The molecule has 0 saturated heterocycles. The Morgan fingerprint density at radius 3 is 1.60 bits per heavy atom. The van der Waals surface area contributed by atoms with E-state index in [1.807, 2.05) is 60.7 Å². The molecule has 0 spiro atoms. The largest absolute Gasteiger partial charge is 0.475 e. The number of alkyl halides is 1. The van der Waals surface area contributed by atoms with Crippen molar-refractivity contribution < 1.29 is 14.7 Å². The molecular weight excluding hydrogens is 276 g/mol. The van der Waals surface area contributed by atoms with Crippen molar-refractivity contribution >= 4 is 23.4 Å². The number of carbonyl (C=O) groups is 2. The van der Waals surface area contributed by atoms with E-state index in [1.54, 1.807) is 0 Å². The lowest BCUT2D eigenvalue weighted by Gasteiger charge is -2.21. The monoisotopic (exact) mass is 288 g/mol. The van der Waals surface area contributed by atoms with Gasteiger partial charge in [0.05, 0.1) is 0 Å². The molecule has 102 valence electrons. The smallest absolute Gasteiger partial charge is 0.373 e. The van der Waals surface area contributed by atoms with Gasteiger partial charge in [0.1, 0.15) is 5.38 Å². The highest BCUT2D eigenvalue weighted by Gasteiger charge is 2.32. The summed E-state index contributed by atoms with van der Waals surface area (Å²) in [5, 5.41) is 7.72. The number of carboxylic acid groups (broad SMARTS) is 1. The Kier molecular flexibility index (Phi) is 4.53. The van der Waals surface area contributed by atoms with Crippen LogP contribution < -0.4 is 0 Å². The van der Waals surface area contributed by atoms with Gasteiger partial charge >= 0.3 is 5.97 Å². The van der Waals surface area contributed by atoms with Crippen LogP contribution in [0.15, 0.2) is 60.7 Å². The Morgan fingerprint density at radius 1 is 0.850 bits per heavy atom. The summed E-state index contributed by atoms with van der Waals surface area (Å²) in [7, 11) is 0. The zero-order valence-electron chi connectivity index (χ0n) is 10.6. The van der Waals surface area contributed by atoms with Crippen molar-refractivity contribution in [2.75, 3.05) is 0 Å². The number of benzene rings is 2. The molecule has 0 aliphatic rings. The molecule has 2 aromatic carbocycles. The van der Waals surface area contributed by atoms with Crippen LogP contribution in [0.1, 0.15) is 17.0 Å². The molecular formula is C16H13ClO3. The predicted molar refractivity (Wildman–Crippen MR) is 77.0 cm³/mol. The molecule has 1 atom stereocenters. The number of hydrogen-bond donors (Lipinski definition) is 1. The number of hydrogen-bond acceptors (Lipinski definition) is 2. The van der Waals surface area contributed by atoms with Gasteiger partial charge in [0.25, 0.3) is 5.78 Å². The number of ketones is 1. The molecule has 3 nitrogen and oxygen atoms in total. The second-order valence-electron chi connectivity index (χ2n) is 4.37. The van der Waals surface area contributed by atoms with Crippen LogP contribution in [-0.4, -0.2) is 22.2 Å². The summed E-state index contributed by atoms with van der Waals surface area (Å²) >= 11 is 6.13. The molecule has 0 saturated carbocycles. The summed E-state index contributed by atoms with van der Waals surface area (Å²) in [6.45, 7) is 0. The third-order valence-corrected chi connectivity index (χ3v) is 3.52. The lowest BCUT2D eigenvalue weighted by molar-refractivity contribution is -0.149. The first kappa shape index (κ1) is 14.3. The van der Waals surface area contributed by atoms with Crippen molar-refractivity contribution in [2.24, 2.45) is 0 Å². The first-order valence-electron chi connectivity index (χ1n) is 6.12.